The summed E-state index contributed by atoms with van der Waals surface area (Å²) in [7, 11) is 3.13. The van der Waals surface area contributed by atoms with Crippen molar-refractivity contribution in [1.29, 1.82) is 0 Å². The van der Waals surface area contributed by atoms with Gasteiger partial charge in [-0.25, -0.2) is 28.8 Å². The van der Waals surface area contributed by atoms with E-state index in [2.05, 4.69) is 25.6 Å². The van der Waals surface area contributed by atoms with Gasteiger partial charge in [-0.1, -0.05) is 18.2 Å². The van der Waals surface area contributed by atoms with Gasteiger partial charge in [-0.15, -0.1) is 0 Å². The molecule has 4 aromatic rings. The number of nitrogens with one attached hydrogen (secondary N) is 2. The number of halogens is 2. The first kappa shape index (κ1) is 29.1. The number of carbonyl (C=O) groups is 1. The Labute approximate surface area is 240 Å². The number of hydrogen-bond acceptors (Lipinski definition) is 9. The molecule has 0 unspecified atom stereocenters. The van der Waals surface area contributed by atoms with E-state index >= 15 is 0 Å². The third-order valence-electron chi connectivity index (χ3n) is 6.64. The highest BCUT2D eigenvalue weighted by Crippen LogP contribution is 2.32. The third kappa shape index (κ3) is 6.41. The zero-order valence-corrected chi connectivity index (χ0v) is 23.3. The molecule has 1 aromatic carbocycles. The smallest absolute Gasteiger partial charge is 0.320 e. The molecule has 2 atom stereocenters. The number of amides is 2. The lowest BCUT2D eigenvalue weighted by Gasteiger charge is -2.19. The van der Waals surface area contributed by atoms with E-state index in [-0.39, 0.29) is 18.7 Å². The molecule has 0 aliphatic carbocycles. The van der Waals surface area contributed by atoms with Gasteiger partial charge in [-0.2, -0.15) is 14.6 Å². The van der Waals surface area contributed by atoms with Gasteiger partial charge in [0, 0.05) is 62.6 Å². The van der Waals surface area contributed by atoms with E-state index in [0.717, 1.165) is 11.8 Å². The fourth-order valence-electron chi connectivity index (χ4n) is 4.60. The summed E-state index contributed by atoms with van der Waals surface area (Å²) in [5, 5.41) is 12.2. The number of hydroxylamine groups is 2. The lowest BCUT2D eigenvalue weighted by molar-refractivity contribution is -0.154. The van der Waals surface area contributed by atoms with Crippen LogP contribution in [0, 0.1) is 18.7 Å². The summed E-state index contributed by atoms with van der Waals surface area (Å²) >= 11 is 0. The van der Waals surface area contributed by atoms with Gasteiger partial charge >= 0.3 is 6.03 Å². The molecule has 1 aliphatic heterocycles. The molecule has 0 spiro atoms. The first-order valence-electron chi connectivity index (χ1n) is 13.1. The maximum absolute atomic E-state index is 14.0. The normalized spacial score (nSPS) is 17.0. The van der Waals surface area contributed by atoms with Crippen LogP contribution in [0.1, 0.15) is 23.1 Å². The summed E-state index contributed by atoms with van der Waals surface area (Å²) in [5.74, 6) is -1.36. The van der Waals surface area contributed by atoms with Crippen molar-refractivity contribution in [2.24, 2.45) is 0 Å². The number of benzene rings is 1. The van der Waals surface area contributed by atoms with Crippen LogP contribution in [0.3, 0.4) is 0 Å². The van der Waals surface area contributed by atoms with E-state index in [1.54, 1.807) is 36.4 Å². The summed E-state index contributed by atoms with van der Waals surface area (Å²) in [5.41, 5.74) is 2.93. The Balaban J connectivity index is 1.42. The molecule has 1 aliphatic rings. The standard InChI is InChI=1S/C28H30F2N8O4/c1-17-24(19-13-31-23(16-41-3)32-14-19)36-38(20-7-5-4-6-8-20)27(17)35-28(39)34-22-15-37(9-10-40-2)42-25(22)18-11-21(29)26(30)33-12-18/h4-8,11-14,22,25H,9-10,15-16H2,1-3H3,(H2,34,35,39)/t22-,25+/m1/s1. The Bertz CT molecular complexity index is 1520. The van der Waals surface area contributed by atoms with E-state index in [0.29, 0.717) is 41.6 Å². The molecule has 2 N–H and O–H groups in total. The van der Waals surface area contributed by atoms with Crippen molar-refractivity contribution in [3.05, 3.63) is 83.7 Å². The fourth-order valence-corrected chi connectivity index (χ4v) is 4.60. The van der Waals surface area contributed by atoms with Gasteiger partial charge in [0.2, 0.25) is 5.95 Å². The predicted octanol–water partition coefficient (Wildman–Crippen LogP) is 3.58. The number of ether oxygens (including phenoxy) is 2. The number of pyridine rings is 1. The molecular formula is C28H30F2N8O4. The van der Waals surface area contributed by atoms with Crippen LogP contribution >= 0.6 is 0 Å². The number of rotatable bonds is 10. The minimum atomic E-state index is -1.21. The Morgan fingerprint density at radius 3 is 2.55 bits per heavy atom. The second-order valence-electron chi connectivity index (χ2n) is 9.54. The van der Waals surface area contributed by atoms with E-state index in [4.69, 9.17) is 19.4 Å². The summed E-state index contributed by atoms with van der Waals surface area (Å²) in [6.45, 7) is 3.16. The lowest BCUT2D eigenvalue weighted by Crippen LogP contribution is -2.42. The minimum absolute atomic E-state index is 0.272. The van der Waals surface area contributed by atoms with Crippen molar-refractivity contribution in [3.8, 4) is 16.9 Å². The van der Waals surface area contributed by atoms with Gasteiger partial charge < -0.3 is 14.8 Å². The Morgan fingerprint density at radius 1 is 1.10 bits per heavy atom. The number of para-hydroxylation sites is 1. The van der Waals surface area contributed by atoms with E-state index in [1.807, 2.05) is 37.3 Å². The van der Waals surface area contributed by atoms with Crippen molar-refractivity contribution in [3.63, 3.8) is 0 Å². The van der Waals surface area contributed by atoms with Gasteiger partial charge in [0.05, 0.1) is 18.3 Å². The molecule has 0 bridgehead atoms. The van der Waals surface area contributed by atoms with Gasteiger partial charge in [-0.05, 0) is 25.1 Å². The van der Waals surface area contributed by atoms with Crippen molar-refractivity contribution in [2.45, 2.75) is 25.7 Å². The summed E-state index contributed by atoms with van der Waals surface area (Å²) in [6.07, 6.45) is 3.69. The van der Waals surface area contributed by atoms with Crippen LogP contribution in [-0.2, 0) is 20.9 Å². The van der Waals surface area contributed by atoms with Crippen LogP contribution in [0.2, 0.25) is 0 Å². The van der Waals surface area contributed by atoms with E-state index in [1.165, 1.54) is 6.20 Å². The van der Waals surface area contributed by atoms with Crippen LogP contribution in [0.25, 0.3) is 16.9 Å². The quantitative estimate of drug-likeness (QED) is 0.271. The van der Waals surface area contributed by atoms with Crippen molar-refractivity contribution >= 4 is 11.8 Å². The van der Waals surface area contributed by atoms with Crippen LogP contribution in [0.5, 0.6) is 0 Å². The molecule has 0 saturated carbocycles. The summed E-state index contributed by atoms with van der Waals surface area (Å²) in [4.78, 5) is 31.5. The molecule has 1 fully saturated rings. The predicted molar refractivity (Wildman–Crippen MR) is 147 cm³/mol. The van der Waals surface area contributed by atoms with Crippen LogP contribution in [0.15, 0.2) is 55.0 Å². The molecule has 12 nitrogen and oxygen atoms in total. The molecule has 220 valence electrons. The molecular weight excluding hydrogens is 550 g/mol. The van der Waals surface area contributed by atoms with Crippen LogP contribution in [0.4, 0.5) is 19.4 Å². The van der Waals surface area contributed by atoms with Gasteiger partial charge in [-0.3, -0.25) is 10.2 Å². The zero-order chi connectivity index (χ0) is 29.6. The van der Waals surface area contributed by atoms with E-state index in [9.17, 15) is 13.6 Å². The number of methoxy groups -OCH3 is 2. The highest BCUT2D eigenvalue weighted by molar-refractivity contribution is 5.91. The zero-order valence-electron chi connectivity index (χ0n) is 23.3. The Kier molecular flexibility index (Phi) is 9.07. The van der Waals surface area contributed by atoms with Crippen LogP contribution in [-0.4, -0.2) is 75.8 Å². The van der Waals surface area contributed by atoms with Crippen molar-refractivity contribution < 1.29 is 27.9 Å². The maximum Gasteiger partial charge on any atom is 0.320 e. The first-order valence-corrected chi connectivity index (χ1v) is 13.1. The molecule has 2 amide bonds. The molecule has 1 saturated heterocycles. The highest BCUT2D eigenvalue weighted by Gasteiger charge is 2.37. The average molecular weight is 581 g/mol. The lowest BCUT2D eigenvalue weighted by atomic mass is 10.0. The maximum atomic E-state index is 14.0. The Morgan fingerprint density at radius 2 is 1.86 bits per heavy atom. The monoisotopic (exact) mass is 580 g/mol. The molecule has 14 heteroatoms. The topological polar surface area (TPSA) is 129 Å². The number of urea groups is 1. The SMILES string of the molecule is COCCN1C[C@@H](NC(=O)Nc2c(C)c(-c3cnc(COC)nc3)nn2-c2ccccc2)[C@H](c2cnc(F)c(F)c2)O1. The fraction of sp³-hybridized carbons (Fsp3) is 0.321. The number of carbonyl (C=O) groups excluding carboxylic acids is 1. The van der Waals surface area contributed by atoms with Crippen molar-refractivity contribution in [1.82, 2.24) is 35.1 Å². The summed E-state index contributed by atoms with van der Waals surface area (Å²) in [6, 6.07) is 9.18. The highest BCUT2D eigenvalue weighted by atomic mass is 19.2. The first-order chi connectivity index (χ1) is 20.4. The van der Waals surface area contributed by atoms with Gasteiger partial charge in [0.15, 0.2) is 11.6 Å². The van der Waals surface area contributed by atoms with Crippen LogP contribution < -0.4 is 10.6 Å². The molecule has 5 rings (SSSR count). The molecule has 0 radical (unpaired) electrons. The third-order valence-corrected chi connectivity index (χ3v) is 6.64. The largest absolute Gasteiger partial charge is 0.383 e. The number of anilines is 1. The average Bonchev–Trinajstić information content (AvgIpc) is 3.54. The molecule has 4 heterocycles. The number of aromatic nitrogens is 5. The second kappa shape index (κ2) is 13.1. The van der Waals surface area contributed by atoms with Crippen molar-refractivity contribution in [2.75, 3.05) is 39.2 Å². The van der Waals surface area contributed by atoms with Gasteiger partial charge in [0.1, 0.15) is 24.2 Å². The second-order valence-corrected chi connectivity index (χ2v) is 9.54. The minimum Gasteiger partial charge on any atom is -0.383 e. The van der Waals surface area contributed by atoms with Gasteiger partial charge in [0.25, 0.3) is 0 Å². The number of nitrogens with zero attached hydrogens (tertiary/aromatic N) is 6. The Hall–Kier alpha value is -4.37. The summed E-state index contributed by atoms with van der Waals surface area (Å²) < 4.78 is 39.4. The molecule has 42 heavy (non-hydrogen) atoms. The molecule has 3 aromatic heterocycles. The number of hydrogen-bond donors (Lipinski definition) is 2. The van der Waals surface area contributed by atoms with E-state index < -0.39 is 29.9 Å².